The van der Waals surface area contributed by atoms with Crippen LogP contribution in [0.15, 0.2) is 35.9 Å². The molecule has 0 N–H and O–H groups in total. The lowest BCUT2D eigenvalue weighted by Crippen LogP contribution is -2.29. The van der Waals surface area contributed by atoms with E-state index < -0.39 is 0 Å². The lowest BCUT2D eigenvalue weighted by Gasteiger charge is -2.40. The summed E-state index contributed by atoms with van der Waals surface area (Å²) in [7, 11) is 0. The first-order valence-electron chi connectivity index (χ1n) is 8.51. The molecule has 22 heavy (non-hydrogen) atoms. The third-order valence-corrected chi connectivity index (χ3v) is 5.01. The van der Waals surface area contributed by atoms with Crippen molar-refractivity contribution >= 4 is 0 Å². The molecule has 0 aliphatic heterocycles. The minimum absolute atomic E-state index is 0.143. The predicted molar refractivity (Wildman–Crippen MR) is 93.3 cm³/mol. The van der Waals surface area contributed by atoms with Crippen molar-refractivity contribution in [2.24, 2.45) is 22.7 Å². The molecule has 0 aromatic heterocycles. The van der Waals surface area contributed by atoms with E-state index in [1.807, 2.05) is 12.1 Å². The van der Waals surface area contributed by atoms with Gasteiger partial charge in [-0.05, 0) is 59.6 Å². The zero-order chi connectivity index (χ0) is 16.5. The van der Waals surface area contributed by atoms with Gasteiger partial charge in [-0.1, -0.05) is 65.3 Å². The standard InChI is InChI=1S/C21H31F/c1-20(2,3)17-12-16(13-18(14-17)21(4,5)6)11-15-7-9-19(22)10-8-15/h7-10,14,16-17H,11-13H2,1-6H3. The van der Waals surface area contributed by atoms with E-state index in [9.17, 15) is 4.39 Å². The fourth-order valence-electron chi connectivity index (χ4n) is 3.40. The van der Waals surface area contributed by atoms with Gasteiger partial charge in [0.05, 0.1) is 0 Å². The number of allylic oxidation sites excluding steroid dienone is 2. The van der Waals surface area contributed by atoms with Gasteiger partial charge in [0, 0.05) is 0 Å². The Balaban J connectivity index is 2.19. The topological polar surface area (TPSA) is 0 Å². The molecule has 1 aromatic carbocycles. The Morgan fingerprint density at radius 2 is 1.59 bits per heavy atom. The average Bonchev–Trinajstić information content (AvgIpc) is 2.39. The molecular weight excluding hydrogens is 271 g/mol. The van der Waals surface area contributed by atoms with Crippen LogP contribution in [0.4, 0.5) is 4.39 Å². The van der Waals surface area contributed by atoms with E-state index in [-0.39, 0.29) is 11.2 Å². The second-order valence-corrected chi connectivity index (χ2v) is 9.05. The maximum absolute atomic E-state index is 13.1. The first kappa shape index (κ1) is 17.2. The van der Waals surface area contributed by atoms with E-state index in [1.165, 1.54) is 18.4 Å². The van der Waals surface area contributed by atoms with Gasteiger partial charge in [0.25, 0.3) is 0 Å². The van der Waals surface area contributed by atoms with Crippen molar-refractivity contribution in [3.63, 3.8) is 0 Å². The first-order valence-corrected chi connectivity index (χ1v) is 8.51. The Bertz CT molecular complexity index is 523. The summed E-state index contributed by atoms with van der Waals surface area (Å²) in [6.45, 7) is 14.0. The lowest BCUT2D eigenvalue weighted by molar-refractivity contribution is 0.216. The highest BCUT2D eigenvalue weighted by Gasteiger charge is 2.33. The third kappa shape index (κ3) is 4.44. The largest absolute Gasteiger partial charge is 0.207 e. The van der Waals surface area contributed by atoms with Crippen LogP contribution >= 0.6 is 0 Å². The fourth-order valence-corrected chi connectivity index (χ4v) is 3.40. The van der Waals surface area contributed by atoms with Crippen LogP contribution in [0, 0.1) is 28.5 Å². The number of rotatable bonds is 2. The molecule has 1 aromatic rings. The summed E-state index contributed by atoms with van der Waals surface area (Å²) in [5.74, 6) is 1.14. The summed E-state index contributed by atoms with van der Waals surface area (Å²) in [4.78, 5) is 0. The van der Waals surface area contributed by atoms with Crippen LogP contribution in [0.1, 0.15) is 59.9 Å². The van der Waals surface area contributed by atoms with Crippen LogP contribution in [0.3, 0.4) is 0 Å². The summed E-state index contributed by atoms with van der Waals surface area (Å²) in [5, 5.41) is 0. The molecule has 0 fully saturated rings. The number of hydrogen-bond donors (Lipinski definition) is 0. The molecule has 122 valence electrons. The van der Waals surface area contributed by atoms with Gasteiger partial charge in [0.1, 0.15) is 5.82 Å². The highest BCUT2D eigenvalue weighted by Crippen LogP contribution is 2.44. The summed E-state index contributed by atoms with van der Waals surface area (Å²) in [6, 6.07) is 7.05. The van der Waals surface area contributed by atoms with Crippen LogP contribution in [0.5, 0.6) is 0 Å². The van der Waals surface area contributed by atoms with Crippen LogP contribution in [-0.4, -0.2) is 0 Å². The van der Waals surface area contributed by atoms with Crippen molar-refractivity contribution in [2.75, 3.05) is 0 Å². The molecule has 2 unspecified atom stereocenters. The maximum atomic E-state index is 13.1. The molecule has 0 nitrogen and oxygen atoms in total. The Kier molecular flexibility index (Phi) is 4.84. The Hall–Kier alpha value is -1.11. The smallest absolute Gasteiger partial charge is 0.123 e. The van der Waals surface area contributed by atoms with Gasteiger partial charge >= 0.3 is 0 Å². The van der Waals surface area contributed by atoms with E-state index in [0.717, 1.165) is 6.42 Å². The summed E-state index contributed by atoms with van der Waals surface area (Å²) in [6.07, 6.45) is 6.01. The first-order chi connectivity index (χ1) is 10.1. The van der Waals surface area contributed by atoms with Crippen molar-refractivity contribution in [3.05, 3.63) is 47.3 Å². The van der Waals surface area contributed by atoms with Crippen LogP contribution in [-0.2, 0) is 6.42 Å². The molecule has 2 rings (SSSR count). The summed E-state index contributed by atoms with van der Waals surface area (Å²) in [5.41, 5.74) is 3.39. The van der Waals surface area contributed by atoms with Gasteiger partial charge < -0.3 is 0 Å². The third-order valence-electron chi connectivity index (χ3n) is 5.01. The zero-order valence-electron chi connectivity index (χ0n) is 15.0. The monoisotopic (exact) mass is 302 g/mol. The van der Waals surface area contributed by atoms with Gasteiger partial charge in [-0.3, -0.25) is 0 Å². The molecule has 0 radical (unpaired) electrons. The summed E-state index contributed by atoms with van der Waals surface area (Å²) < 4.78 is 13.1. The van der Waals surface area contributed by atoms with E-state index in [1.54, 1.807) is 17.7 Å². The van der Waals surface area contributed by atoms with Crippen molar-refractivity contribution < 1.29 is 4.39 Å². The average molecular weight is 302 g/mol. The minimum atomic E-state index is -0.143. The second-order valence-electron chi connectivity index (χ2n) is 9.05. The molecule has 0 heterocycles. The van der Waals surface area contributed by atoms with Crippen molar-refractivity contribution in [1.82, 2.24) is 0 Å². The van der Waals surface area contributed by atoms with Crippen molar-refractivity contribution in [3.8, 4) is 0 Å². The molecule has 1 heteroatoms. The van der Waals surface area contributed by atoms with E-state index in [2.05, 4.69) is 47.6 Å². The van der Waals surface area contributed by atoms with Gasteiger partial charge in [0.15, 0.2) is 0 Å². The van der Waals surface area contributed by atoms with Crippen LogP contribution in [0.25, 0.3) is 0 Å². The number of halogens is 1. The van der Waals surface area contributed by atoms with Gasteiger partial charge in [0.2, 0.25) is 0 Å². The van der Waals surface area contributed by atoms with Crippen molar-refractivity contribution in [1.29, 1.82) is 0 Å². The van der Waals surface area contributed by atoms with E-state index in [4.69, 9.17) is 0 Å². The molecular formula is C21H31F. The number of hydrogen-bond acceptors (Lipinski definition) is 0. The molecule has 0 saturated heterocycles. The Morgan fingerprint density at radius 1 is 1.00 bits per heavy atom. The zero-order valence-corrected chi connectivity index (χ0v) is 15.0. The molecule has 0 spiro atoms. The molecule has 0 amide bonds. The Labute approximate surface area is 135 Å². The second kappa shape index (κ2) is 6.18. The summed E-state index contributed by atoms with van der Waals surface area (Å²) >= 11 is 0. The number of benzene rings is 1. The normalized spacial score (nSPS) is 23.3. The van der Waals surface area contributed by atoms with Crippen LogP contribution in [0.2, 0.25) is 0 Å². The highest BCUT2D eigenvalue weighted by atomic mass is 19.1. The maximum Gasteiger partial charge on any atom is 0.123 e. The lowest BCUT2D eigenvalue weighted by atomic mass is 9.66. The van der Waals surface area contributed by atoms with E-state index >= 15 is 0 Å². The van der Waals surface area contributed by atoms with Crippen molar-refractivity contribution in [2.45, 2.75) is 60.8 Å². The molecule has 0 bridgehead atoms. The molecule has 1 aliphatic carbocycles. The molecule has 0 saturated carbocycles. The predicted octanol–water partition coefficient (Wildman–Crippen LogP) is 6.41. The SMILES string of the molecule is CC(C)(C)C1=CC(C(C)(C)C)CC(Cc2ccc(F)cc2)C1. The molecule has 2 atom stereocenters. The molecule has 1 aliphatic rings. The van der Waals surface area contributed by atoms with Gasteiger partial charge in [-0.2, -0.15) is 0 Å². The van der Waals surface area contributed by atoms with Crippen LogP contribution < -0.4 is 0 Å². The Morgan fingerprint density at radius 3 is 2.09 bits per heavy atom. The van der Waals surface area contributed by atoms with Gasteiger partial charge in [-0.15, -0.1) is 0 Å². The minimum Gasteiger partial charge on any atom is -0.207 e. The fraction of sp³-hybridized carbons (Fsp3) is 0.619. The van der Waals surface area contributed by atoms with E-state index in [0.29, 0.717) is 17.3 Å². The quantitative estimate of drug-likeness (QED) is 0.553. The van der Waals surface area contributed by atoms with Gasteiger partial charge in [-0.25, -0.2) is 4.39 Å². The highest BCUT2D eigenvalue weighted by molar-refractivity contribution is 5.21.